The van der Waals surface area contributed by atoms with Gasteiger partial charge in [-0.25, -0.2) is 13.2 Å². The van der Waals surface area contributed by atoms with Crippen molar-refractivity contribution in [3.63, 3.8) is 0 Å². The van der Waals surface area contributed by atoms with Gasteiger partial charge in [0.15, 0.2) is 5.58 Å². The van der Waals surface area contributed by atoms with E-state index in [1.54, 1.807) is 6.07 Å². The highest BCUT2D eigenvalue weighted by atomic mass is 32.2. The fourth-order valence-corrected chi connectivity index (χ4v) is 6.94. The van der Waals surface area contributed by atoms with Crippen molar-refractivity contribution in [3.05, 3.63) is 28.7 Å². The molecule has 1 amide bonds. The highest BCUT2D eigenvalue weighted by Gasteiger charge is 2.38. The van der Waals surface area contributed by atoms with Crippen LogP contribution in [0.5, 0.6) is 0 Å². The fourth-order valence-electron chi connectivity index (χ4n) is 5.41. The van der Waals surface area contributed by atoms with Gasteiger partial charge in [-0.3, -0.25) is 9.36 Å². The lowest BCUT2D eigenvalue weighted by Crippen LogP contribution is -2.44. The minimum absolute atomic E-state index is 0.103. The van der Waals surface area contributed by atoms with Gasteiger partial charge in [-0.2, -0.15) is 4.31 Å². The molecule has 1 saturated heterocycles. The summed E-state index contributed by atoms with van der Waals surface area (Å²) in [5.74, 6) is 0.275. The predicted molar refractivity (Wildman–Crippen MR) is 124 cm³/mol. The zero-order valence-electron chi connectivity index (χ0n) is 19.2. The van der Waals surface area contributed by atoms with Crippen LogP contribution in [0.2, 0.25) is 0 Å². The molecule has 0 radical (unpaired) electrons. The molecule has 2 heterocycles. The number of aromatic nitrogens is 1. The smallest absolute Gasteiger partial charge is 0.408 e. The maximum absolute atomic E-state index is 13.2. The standard InChI is InChI=1S/C24H33N3O5S/c1-17-4-6-18(7-5-17)27(19-8-9-19)23(28)12-15-26-21-11-10-20(16-22(21)32-24(26)29)33(30,31)25-13-2-3-14-25/h10-11,16-19H,2-9,12-15H2,1H3. The first-order chi connectivity index (χ1) is 15.8. The highest BCUT2D eigenvalue weighted by Crippen LogP contribution is 2.35. The van der Waals surface area contributed by atoms with E-state index in [9.17, 15) is 18.0 Å². The Hall–Kier alpha value is -2.13. The van der Waals surface area contributed by atoms with Crippen LogP contribution in [-0.2, 0) is 21.4 Å². The van der Waals surface area contributed by atoms with Crippen LogP contribution in [0, 0.1) is 5.92 Å². The van der Waals surface area contributed by atoms with E-state index in [0.717, 1.165) is 57.3 Å². The summed E-state index contributed by atoms with van der Waals surface area (Å²) >= 11 is 0. The molecule has 0 spiro atoms. The number of aryl methyl sites for hydroxylation is 1. The summed E-state index contributed by atoms with van der Waals surface area (Å²) in [5, 5.41) is 0. The SMILES string of the molecule is CC1CCC(N(C(=O)CCn2c(=O)oc3cc(S(=O)(=O)N4CCCC4)ccc32)C2CC2)CC1. The average Bonchev–Trinajstić information content (AvgIpc) is 3.34. The second kappa shape index (κ2) is 8.91. The van der Waals surface area contributed by atoms with Gasteiger partial charge in [-0.1, -0.05) is 6.92 Å². The number of rotatable bonds is 7. The lowest BCUT2D eigenvalue weighted by atomic mass is 9.86. The third kappa shape index (κ3) is 4.49. The number of hydrogen-bond acceptors (Lipinski definition) is 5. The number of sulfonamides is 1. The van der Waals surface area contributed by atoms with Crippen LogP contribution in [0.3, 0.4) is 0 Å². The van der Waals surface area contributed by atoms with Crippen molar-refractivity contribution in [1.29, 1.82) is 0 Å². The largest absolute Gasteiger partial charge is 0.419 e. The second-order valence-corrected chi connectivity index (χ2v) is 11.9. The Labute approximate surface area is 194 Å². The summed E-state index contributed by atoms with van der Waals surface area (Å²) in [4.78, 5) is 27.9. The van der Waals surface area contributed by atoms with Gasteiger partial charge in [0, 0.05) is 44.2 Å². The number of carbonyl (C=O) groups excluding carboxylic acids is 1. The van der Waals surface area contributed by atoms with Crippen LogP contribution in [0.4, 0.5) is 0 Å². The minimum atomic E-state index is -3.59. The minimum Gasteiger partial charge on any atom is -0.408 e. The molecule has 3 aliphatic rings. The topological polar surface area (TPSA) is 92.8 Å². The fraction of sp³-hybridized carbons (Fsp3) is 0.667. The molecule has 180 valence electrons. The Morgan fingerprint density at radius 2 is 1.70 bits per heavy atom. The number of oxazole rings is 1. The molecule has 9 heteroatoms. The quantitative estimate of drug-likeness (QED) is 0.612. The maximum Gasteiger partial charge on any atom is 0.419 e. The number of amides is 1. The summed E-state index contributed by atoms with van der Waals surface area (Å²) in [6.45, 7) is 3.54. The number of fused-ring (bicyclic) bond motifs is 1. The molecule has 33 heavy (non-hydrogen) atoms. The van der Waals surface area contributed by atoms with Gasteiger partial charge in [0.25, 0.3) is 0 Å². The van der Waals surface area contributed by atoms with E-state index in [1.807, 2.05) is 0 Å². The van der Waals surface area contributed by atoms with Crippen molar-refractivity contribution >= 4 is 27.0 Å². The number of carbonyl (C=O) groups is 1. The summed E-state index contributed by atoms with van der Waals surface area (Å²) < 4.78 is 34.0. The molecule has 0 bridgehead atoms. The molecule has 5 rings (SSSR count). The lowest BCUT2D eigenvalue weighted by molar-refractivity contribution is -0.135. The van der Waals surface area contributed by atoms with Crippen molar-refractivity contribution in [2.45, 2.75) is 88.2 Å². The van der Waals surface area contributed by atoms with Crippen LogP contribution in [0.1, 0.15) is 64.7 Å². The zero-order chi connectivity index (χ0) is 23.2. The summed E-state index contributed by atoms with van der Waals surface area (Å²) in [6.07, 6.45) is 8.55. The molecule has 0 N–H and O–H groups in total. The molecule has 8 nitrogen and oxygen atoms in total. The van der Waals surface area contributed by atoms with E-state index in [4.69, 9.17) is 4.42 Å². The lowest BCUT2D eigenvalue weighted by Gasteiger charge is -2.36. The Morgan fingerprint density at radius 3 is 2.33 bits per heavy atom. The van der Waals surface area contributed by atoms with Crippen molar-refractivity contribution in [2.75, 3.05) is 13.1 Å². The Balaban J connectivity index is 1.32. The van der Waals surface area contributed by atoms with Gasteiger partial charge in [0.2, 0.25) is 15.9 Å². The second-order valence-electron chi connectivity index (χ2n) is 9.96. The molecule has 3 fully saturated rings. The van der Waals surface area contributed by atoms with E-state index in [-0.39, 0.29) is 29.4 Å². The maximum atomic E-state index is 13.2. The van der Waals surface area contributed by atoms with Crippen LogP contribution in [0.15, 0.2) is 32.3 Å². The van der Waals surface area contributed by atoms with Gasteiger partial charge < -0.3 is 9.32 Å². The number of nitrogens with zero attached hydrogens (tertiary/aromatic N) is 3. The molecule has 2 saturated carbocycles. The van der Waals surface area contributed by atoms with Crippen molar-refractivity contribution in [1.82, 2.24) is 13.8 Å². The Kier molecular flexibility index (Phi) is 6.11. The van der Waals surface area contributed by atoms with Gasteiger partial charge in [-0.15, -0.1) is 0 Å². The van der Waals surface area contributed by atoms with Gasteiger partial charge in [0.05, 0.1) is 10.4 Å². The normalized spacial score (nSPS) is 24.4. The molecule has 1 aromatic heterocycles. The first kappa shape index (κ1) is 22.7. The van der Waals surface area contributed by atoms with E-state index >= 15 is 0 Å². The van der Waals surface area contributed by atoms with E-state index in [2.05, 4.69) is 11.8 Å². The molecular weight excluding hydrogens is 442 g/mol. The van der Waals surface area contributed by atoms with Gasteiger partial charge in [0.1, 0.15) is 0 Å². The average molecular weight is 476 g/mol. The van der Waals surface area contributed by atoms with Crippen LogP contribution in [0.25, 0.3) is 11.1 Å². The van der Waals surface area contributed by atoms with E-state index in [0.29, 0.717) is 30.7 Å². The van der Waals surface area contributed by atoms with Crippen molar-refractivity contribution in [2.24, 2.45) is 5.92 Å². The molecule has 2 aromatic rings. The third-order valence-electron chi connectivity index (χ3n) is 7.50. The first-order valence-corrected chi connectivity index (χ1v) is 13.7. The van der Waals surface area contributed by atoms with Crippen molar-refractivity contribution in [3.8, 4) is 0 Å². The monoisotopic (exact) mass is 475 g/mol. The van der Waals surface area contributed by atoms with Gasteiger partial charge in [-0.05, 0) is 69.4 Å². The Bertz CT molecular complexity index is 1180. The molecule has 0 atom stereocenters. The Morgan fingerprint density at radius 1 is 1.06 bits per heavy atom. The van der Waals surface area contributed by atoms with E-state index in [1.165, 1.54) is 21.0 Å². The molecular formula is C24H33N3O5S. The van der Waals surface area contributed by atoms with Gasteiger partial charge >= 0.3 is 5.76 Å². The molecule has 1 aromatic carbocycles. The highest BCUT2D eigenvalue weighted by molar-refractivity contribution is 7.89. The van der Waals surface area contributed by atoms with Crippen molar-refractivity contribution < 1.29 is 17.6 Å². The van der Waals surface area contributed by atoms with Crippen LogP contribution < -0.4 is 5.76 Å². The molecule has 1 aliphatic heterocycles. The summed E-state index contributed by atoms with van der Waals surface area (Å²) in [5.41, 5.74) is 0.769. The first-order valence-electron chi connectivity index (χ1n) is 12.3. The van der Waals surface area contributed by atoms with Crippen LogP contribution in [-0.4, -0.2) is 53.3 Å². The van der Waals surface area contributed by atoms with E-state index < -0.39 is 15.8 Å². The zero-order valence-corrected chi connectivity index (χ0v) is 20.1. The third-order valence-corrected chi connectivity index (χ3v) is 9.39. The summed E-state index contributed by atoms with van der Waals surface area (Å²) in [7, 11) is -3.59. The number of benzene rings is 1. The molecule has 0 unspecified atom stereocenters. The summed E-state index contributed by atoms with van der Waals surface area (Å²) in [6, 6.07) is 5.25. The predicted octanol–water partition coefficient (Wildman–Crippen LogP) is 3.34. The molecule has 2 aliphatic carbocycles. The number of hydrogen-bond donors (Lipinski definition) is 0. The van der Waals surface area contributed by atoms with Crippen LogP contribution >= 0.6 is 0 Å².